The molecule has 0 aliphatic carbocycles. The van der Waals surface area contributed by atoms with Crippen molar-refractivity contribution in [3.05, 3.63) is 29.0 Å². The van der Waals surface area contributed by atoms with Gasteiger partial charge in [0.25, 0.3) is 5.91 Å². The number of hydrogen-bond acceptors (Lipinski definition) is 3. The van der Waals surface area contributed by atoms with E-state index < -0.39 is 6.04 Å². The summed E-state index contributed by atoms with van der Waals surface area (Å²) in [6.45, 7) is 4.19. The second kappa shape index (κ2) is 6.96. The van der Waals surface area contributed by atoms with Gasteiger partial charge in [-0.25, -0.2) is 4.98 Å². The third-order valence-electron chi connectivity index (χ3n) is 2.28. The van der Waals surface area contributed by atoms with Crippen molar-refractivity contribution in [3.8, 4) is 0 Å². The molecule has 1 atom stereocenters. The van der Waals surface area contributed by atoms with Gasteiger partial charge in [0.05, 0.1) is 5.56 Å². The van der Waals surface area contributed by atoms with Gasteiger partial charge in [-0.05, 0) is 25.5 Å². The number of halogens is 1. The van der Waals surface area contributed by atoms with E-state index in [9.17, 15) is 9.59 Å². The van der Waals surface area contributed by atoms with Crippen molar-refractivity contribution in [2.24, 2.45) is 0 Å². The first-order chi connectivity index (χ1) is 8.54. The summed E-state index contributed by atoms with van der Waals surface area (Å²) in [5, 5.41) is 5.62. The van der Waals surface area contributed by atoms with Crippen LogP contribution in [0.5, 0.6) is 0 Å². The molecule has 0 radical (unpaired) electrons. The number of amides is 2. The van der Waals surface area contributed by atoms with E-state index in [1.165, 1.54) is 12.3 Å². The molecule has 98 valence electrons. The fraction of sp³-hybridized carbons (Fsp3) is 0.417. The summed E-state index contributed by atoms with van der Waals surface area (Å²) in [4.78, 5) is 27.1. The molecule has 0 saturated carbocycles. The molecule has 1 heterocycles. The maximum Gasteiger partial charge on any atom is 0.253 e. The topological polar surface area (TPSA) is 71.1 Å². The quantitative estimate of drug-likeness (QED) is 0.794. The first-order valence-corrected chi connectivity index (χ1v) is 6.12. The molecule has 2 N–H and O–H groups in total. The van der Waals surface area contributed by atoms with E-state index in [2.05, 4.69) is 15.6 Å². The van der Waals surface area contributed by atoms with Crippen LogP contribution >= 0.6 is 11.6 Å². The lowest BCUT2D eigenvalue weighted by atomic mass is 10.2. The van der Waals surface area contributed by atoms with Crippen LogP contribution in [0.25, 0.3) is 0 Å². The van der Waals surface area contributed by atoms with Gasteiger partial charge in [-0.3, -0.25) is 9.59 Å². The highest BCUT2D eigenvalue weighted by molar-refractivity contribution is 6.29. The summed E-state index contributed by atoms with van der Waals surface area (Å²) in [5.41, 5.74) is 0.370. The van der Waals surface area contributed by atoms with Crippen molar-refractivity contribution >= 4 is 23.4 Å². The van der Waals surface area contributed by atoms with Gasteiger partial charge >= 0.3 is 0 Å². The van der Waals surface area contributed by atoms with Crippen molar-refractivity contribution in [1.29, 1.82) is 0 Å². The van der Waals surface area contributed by atoms with Gasteiger partial charge in [-0.15, -0.1) is 0 Å². The van der Waals surface area contributed by atoms with E-state index in [1.54, 1.807) is 13.0 Å². The lowest BCUT2D eigenvalue weighted by molar-refractivity contribution is -0.122. The summed E-state index contributed by atoms with van der Waals surface area (Å²) in [7, 11) is 0. The molecule has 0 spiro atoms. The Morgan fingerprint density at radius 1 is 1.44 bits per heavy atom. The summed E-state index contributed by atoms with van der Waals surface area (Å²) in [5.74, 6) is -0.551. The monoisotopic (exact) mass is 269 g/mol. The van der Waals surface area contributed by atoms with Crippen LogP contribution in [-0.2, 0) is 4.79 Å². The molecule has 18 heavy (non-hydrogen) atoms. The maximum absolute atomic E-state index is 11.8. The number of nitrogens with zero attached hydrogens (tertiary/aromatic N) is 1. The SMILES string of the molecule is CCCNC(=O)C(C)NC(=O)c1ccc(Cl)nc1. The summed E-state index contributed by atoms with van der Waals surface area (Å²) < 4.78 is 0. The Bertz CT molecular complexity index is 420. The first-order valence-electron chi connectivity index (χ1n) is 5.74. The van der Waals surface area contributed by atoms with Crippen LogP contribution in [0.2, 0.25) is 5.15 Å². The van der Waals surface area contributed by atoms with Crippen LogP contribution in [0, 0.1) is 0 Å². The lowest BCUT2D eigenvalue weighted by Gasteiger charge is -2.13. The number of rotatable bonds is 5. The van der Waals surface area contributed by atoms with Gasteiger partial charge in [-0.2, -0.15) is 0 Å². The smallest absolute Gasteiger partial charge is 0.253 e. The number of carbonyl (C=O) groups excluding carboxylic acids is 2. The predicted octanol–water partition coefficient (Wildman–Crippen LogP) is 1.38. The molecule has 6 heteroatoms. The van der Waals surface area contributed by atoms with Crippen LogP contribution < -0.4 is 10.6 Å². The standard InChI is InChI=1S/C12H16ClN3O2/c1-3-6-14-11(17)8(2)16-12(18)9-4-5-10(13)15-7-9/h4-5,7-8H,3,6H2,1-2H3,(H,14,17)(H,16,18). The fourth-order valence-corrected chi connectivity index (χ4v) is 1.37. The van der Waals surface area contributed by atoms with Crippen LogP contribution in [-0.4, -0.2) is 29.4 Å². The van der Waals surface area contributed by atoms with Crippen molar-refractivity contribution in [2.75, 3.05) is 6.54 Å². The zero-order valence-corrected chi connectivity index (χ0v) is 11.1. The number of nitrogens with one attached hydrogen (secondary N) is 2. The number of carbonyl (C=O) groups is 2. The summed E-state index contributed by atoms with van der Waals surface area (Å²) >= 11 is 5.62. The van der Waals surface area contributed by atoms with Crippen LogP contribution in [0.4, 0.5) is 0 Å². The molecule has 0 aromatic carbocycles. The predicted molar refractivity (Wildman–Crippen MR) is 69.5 cm³/mol. The third kappa shape index (κ3) is 4.33. The van der Waals surface area contributed by atoms with E-state index in [0.717, 1.165) is 6.42 Å². The van der Waals surface area contributed by atoms with Crippen LogP contribution in [0.15, 0.2) is 18.3 Å². The molecule has 0 bridgehead atoms. The molecule has 2 amide bonds. The molecule has 1 aromatic rings. The van der Waals surface area contributed by atoms with E-state index in [-0.39, 0.29) is 11.8 Å². The molecular formula is C12H16ClN3O2. The highest BCUT2D eigenvalue weighted by Gasteiger charge is 2.15. The molecule has 0 aliphatic rings. The number of aromatic nitrogens is 1. The van der Waals surface area contributed by atoms with Crippen molar-refractivity contribution in [2.45, 2.75) is 26.3 Å². The minimum Gasteiger partial charge on any atom is -0.354 e. The second-order valence-corrected chi connectivity index (χ2v) is 4.24. The minimum atomic E-state index is -0.584. The molecule has 1 unspecified atom stereocenters. The maximum atomic E-state index is 11.8. The van der Waals surface area contributed by atoms with Gasteiger partial charge < -0.3 is 10.6 Å². The summed E-state index contributed by atoms with van der Waals surface area (Å²) in [6, 6.07) is 2.50. The van der Waals surface area contributed by atoms with E-state index in [1.807, 2.05) is 6.92 Å². The molecule has 1 aromatic heterocycles. The van der Waals surface area contributed by atoms with Crippen LogP contribution in [0.1, 0.15) is 30.6 Å². The van der Waals surface area contributed by atoms with Crippen molar-refractivity contribution < 1.29 is 9.59 Å². The van der Waals surface area contributed by atoms with Crippen LogP contribution in [0.3, 0.4) is 0 Å². The Hall–Kier alpha value is -1.62. The molecule has 0 saturated heterocycles. The molecule has 0 aliphatic heterocycles. The van der Waals surface area contributed by atoms with Gasteiger partial charge in [-0.1, -0.05) is 18.5 Å². The van der Waals surface area contributed by atoms with Gasteiger partial charge in [0.15, 0.2) is 0 Å². The van der Waals surface area contributed by atoms with E-state index in [0.29, 0.717) is 17.3 Å². The second-order valence-electron chi connectivity index (χ2n) is 3.86. The average molecular weight is 270 g/mol. The summed E-state index contributed by atoms with van der Waals surface area (Å²) in [6.07, 6.45) is 2.22. The Kier molecular flexibility index (Phi) is 5.58. The Morgan fingerprint density at radius 3 is 2.72 bits per heavy atom. The highest BCUT2D eigenvalue weighted by atomic mass is 35.5. The highest BCUT2D eigenvalue weighted by Crippen LogP contribution is 2.05. The fourth-order valence-electron chi connectivity index (χ4n) is 1.26. The van der Waals surface area contributed by atoms with E-state index >= 15 is 0 Å². The van der Waals surface area contributed by atoms with Gasteiger partial charge in [0, 0.05) is 12.7 Å². The van der Waals surface area contributed by atoms with Gasteiger partial charge in [0.2, 0.25) is 5.91 Å². The molecule has 1 rings (SSSR count). The lowest BCUT2D eigenvalue weighted by Crippen LogP contribution is -2.45. The number of pyridine rings is 1. The largest absolute Gasteiger partial charge is 0.354 e. The van der Waals surface area contributed by atoms with Crippen molar-refractivity contribution in [1.82, 2.24) is 15.6 Å². The third-order valence-corrected chi connectivity index (χ3v) is 2.50. The normalized spacial score (nSPS) is 11.7. The number of hydrogen-bond donors (Lipinski definition) is 2. The first kappa shape index (κ1) is 14.4. The minimum absolute atomic E-state index is 0.202. The molecule has 5 nitrogen and oxygen atoms in total. The Balaban J connectivity index is 2.53. The van der Waals surface area contributed by atoms with Crippen molar-refractivity contribution in [3.63, 3.8) is 0 Å². The zero-order valence-electron chi connectivity index (χ0n) is 10.4. The zero-order chi connectivity index (χ0) is 13.5. The van der Waals surface area contributed by atoms with Gasteiger partial charge in [0.1, 0.15) is 11.2 Å². The Labute approximate surface area is 111 Å². The molecular weight excluding hydrogens is 254 g/mol. The Morgan fingerprint density at radius 2 is 2.17 bits per heavy atom. The molecule has 0 fully saturated rings. The average Bonchev–Trinajstić information content (AvgIpc) is 2.36. The van der Waals surface area contributed by atoms with E-state index in [4.69, 9.17) is 11.6 Å².